The van der Waals surface area contributed by atoms with Crippen LogP contribution in [0.15, 0.2) is 72.8 Å². The van der Waals surface area contributed by atoms with Crippen molar-refractivity contribution in [1.82, 2.24) is 10.6 Å². The van der Waals surface area contributed by atoms with E-state index in [1.165, 1.54) is 0 Å². The van der Waals surface area contributed by atoms with Crippen molar-refractivity contribution >= 4 is 17.8 Å². The van der Waals surface area contributed by atoms with E-state index in [1.54, 1.807) is 0 Å². The second-order valence-corrected chi connectivity index (χ2v) is 8.42. The van der Waals surface area contributed by atoms with Gasteiger partial charge in [0.25, 0.3) is 0 Å². The van der Waals surface area contributed by atoms with Gasteiger partial charge in [-0.15, -0.1) is 0 Å². The van der Waals surface area contributed by atoms with Crippen LogP contribution < -0.4 is 10.6 Å². The summed E-state index contributed by atoms with van der Waals surface area (Å²) in [6.45, 7) is -0.0643. The second kappa shape index (κ2) is 13.3. The van der Waals surface area contributed by atoms with E-state index in [4.69, 9.17) is 4.74 Å². The molecule has 3 N–H and O–H groups in total. The standard InChI is InChI=1S/C27H32N2O5/c30-19-23(16-20-10-4-1-5-11-20)29-25(31)17-22-14-8-3-9-15-26(32)34-24(18-28-27(22)33)21-12-6-2-7-13-21/h1-8,10-13,22-24,30H,9,14-19H2,(H,28,33)(H,29,31)/t22-,23+,24+/m1/s1. The van der Waals surface area contributed by atoms with Crippen molar-refractivity contribution in [3.8, 4) is 0 Å². The summed E-state index contributed by atoms with van der Waals surface area (Å²) in [5.74, 6) is -1.46. The van der Waals surface area contributed by atoms with Crippen molar-refractivity contribution in [2.75, 3.05) is 13.2 Å². The molecule has 7 heteroatoms. The number of hydrogen-bond acceptors (Lipinski definition) is 5. The van der Waals surface area contributed by atoms with Crippen LogP contribution in [0.4, 0.5) is 0 Å². The maximum Gasteiger partial charge on any atom is 0.306 e. The zero-order valence-corrected chi connectivity index (χ0v) is 19.2. The first-order valence-electron chi connectivity index (χ1n) is 11.7. The predicted octanol–water partition coefficient (Wildman–Crippen LogP) is 2.85. The lowest BCUT2D eigenvalue weighted by molar-refractivity contribution is -0.150. The van der Waals surface area contributed by atoms with Gasteiger partial charge < -0.3 is 20.5 Å². The summed E-state index contributed by atoms with van der Waals surface area (Å²) >= 11 is 0. The number of allylic oxidation sites excluding steroid dienone is 2. The molecule has 0 bridgehead atoms. The maximum absolute atomic E-state index is 13.0. The molecule has 0 saturated heterocycles. The van der Waals surface area contributed by atoms with Gasteiger partial charge in [-0.3, -0.25) is 14.4 Å². The van der Waals surface area contributed by atoms with Gasteiger partial charge in [0.1, 0.15) is 6.10 Å². The zero-order valence-electron chi connectivity index (χ0n) is 19.2. The van der Waals surface area contributed by atoms with Crippen molar-refractivity contribution in [1.29, 1.82) is 0 Å². The SMILES string of the molecule is O=C(C[C@H]1CC=CCCC(=O)O[C@H](c2ccccc2)CNC1=O)N[C@H](CO)Cc1ccccc1. The van der Waals surface area contributed by atoms with Crippen molar-refractivity contribution in [2.24, 2.45) is 5.92 Å². The first-order chi connectivity index (χ1) is 16.5. The number of esters is 1. The minimum Gasteiger partial charge on any atom is -0.456 e. The van der Waals surface area contributed by atoms with Crippen LogP contribution >= 0.6 is 0 Å². The molecule has 0 aliphatic carbocycles. The Morgan fingerprint density at radius 3 is 2.47 bits per heavy atom. The molecule has 0 aromatic heterocycles. The summed E-state index contributed by atoms with van der Waals surface area (Å²) < 4.78 is 5.60. The third-order valence-corrected chi connectivity index (χ3v) is 5.72. The molecule has 0 saturated carbocycles. The van der Waals surface area contributed by atoms with Gasteiger partial charge in [-0.2, -0.15) is 0 Å². The smallest absolute Gasteiger partial charge is 0.306 e. The molecular formula is C27H32N2O5. The number of carbonyl (C=O) groups excluding carboxylic acids is 3. The average molecular weight is 465 g/mol. The molecule has 0 unspecified atom stereocenters. The highest BCUT2D eigenvalue weighted by molar-refractivity contribution is 5.86. The average Bonchev–Trinajstić information content (AvgIpc) is 2.85. The van der Waals surface area contributed by atoms with Crippen LogP contribution in [0.1, 0.15) is 42.9 Å². The summed E-state index contributed by atoms with van der Waals surface area (Å²) in [5.41, 5.74) is 1.81. The summed E-state index contributed by atoms with van der Waals surface area (Å²) in [5, 5.41) is 15.4. The highest BCUT2D eigenvalue weighted by Gasteiger charge is 2.25. The van der Waals surface area contributed by atoms with E-state index in [1.807, 2.05) is 72.8 Å². The molecule has 1 aliphatic rings. The van der Waals surface area contributed by atoms with E-state index in [2.05, 4.69) is 10.6 Å². The van der Waals surface area contributed by atoms with Crippen molar-refractivity contribution in [2.45, 2.75) is 44.2 Å². The van der Waals surface area contributed by atoms with Gasteiger partial charge in [0.15, 0.2) is 0 Å². The number of cyclic esters (lactones) is 1. The topological polar surface area (TPSA) is 105 Å². The lowest BCUT2D eigenvalue weighted by Gasteiger charge is -2.22. The Balaban J connectivity index is 1.64. The van der Waals surface area contributed by atoms with Crippen LogP contribution in [-0.4, -0.2) is 42.1 Å². The van der Waals surface area contributed by atoms with Crippen LogP contribution in [0.25, 0.3) is 0 Å². The van der Waals surface area contributed by atoms with Gasteiger partial charge in [0, 0.05) is 12.8 Å². The first kappa shape index (κ1) is 25.2. The predicted molar refractivity (Wildman–Crippen MR) is 129 cm³/mol. The Morgan fingerprint density at radius 1 is 1.06 bits per heavy atom. The molecule has 1 heterocycles. The van der Waals surface area contributed by atoms with Gasteiger partial charge in [-0.25, -0.2) is 0 Å². The number of amides is 2. The number of nitrogens with one attached hydrogen (secondary N) is 2. The van der Waals surface area contributed by atoms with Gasteiger partial charge in [0.05, 0.1) is 25.1 Å². The Kier molecular flexibility index (Phi) is 9.85. The Hall–Kier alpha value is -3.45. The number of hydrogen-bond donors (Lipinski definition) is 3. The molecule has 1 aliphatic heterocycles. The minimum absolute atomic E-state index is 0.00272. The van der Waals surface area contributed by atoms with E-state index < -0.39 is 18.1 Å². The van der Waals surface area contributed by atoms with Crippen molar-refractivity contribution in [3.63, 3.8) is 0 Å². The number of aliphatic hydroxyl groups is 1. The zero-order chi connectivity index (χ0) is 24.2. The van der Waals surface area contributed by atoms with E-state index in [0.29, 0.717) is 19.3 Å². The summed E-state index contributed by atoms with van der Waals surface area (Å²) in [6.07, 6.45) is 4.70. The number of benzene rings is 2. The van der Waals surface area contributed by atoms with Crippen LogP contribution in [0, 0.1) is 5.92 Å². The van der Waals surface area contributed by atoms with Crippen LogP contribution in [0.2, 0.25) is 0 Å². The third kappa shape index (κ3) is 8.15. The Morgan fingerprint density at radius 2 is 1.76 bits per heavy atom. The Bertz CT molecular complexity index is 962. The van der Waals surface area contributed by atoms with Gasteiger partial charge in [-0.05, 0) is 30.4 Å². The Labute approximate surface area is 200 Å². The van der Waals surface area contributed by atoms with Crippen LogP contribution in [0.3, 0.4) is 0 Å². The maximum atomic E-state index is 13.0. The fourth-order valence-electron chi connectivity index (χ4n) is 3.88. The molecule has 0 fully saturated rings. The molecule has 7 nitrogen and oxygen atoms in total. The van der Waals surface area contributed by atoms with E-state index in [-0.39, 0.29) is 43.8 Å². The number of carbonyl (C=O) groups is 3. The first-order valence-corrected chi connectivity index (χ1v) is 11.7. The summed E-state index contributed by atoms with van der Waals surface area (Å²) in [6, 6.07) is 18.5. The van der Waals surface area contributed by atoms with Gasteiger partial charge in [-0.1, -0.05) is 72.8 Å². The molecule has 2 amide bonds. The van der Waals surface area contributed by atoms with Gasteiger partial charge >= 0.3 is 5.97 Å². The van der Waals surface area contributed by atoms with E-state index in [0.717, 1.165) is 11.1 Å². The molecule has 3 rings (SSSR count). The fraction of sp³-hybridized carbons (Fsp3) is 0.370. The molecule has 0 radical (unpaired) electrons. The lowest BCUT2D eigenvalue weighted by atomic mass is 9.98. The normalized spacial score (nSPS) is 20.3. The van der Waals surface area contributed by atoms with Crippen molar-refractivity contribution in [3.05, 3.63) is 83.9 Å². The lowest BCUT2D eigenvalue weighted by Crippen LogP contribution is -2.42. The third-order valence-electron chi connectivity index (χ3n) is 5.72. The molecule has 34 heavy (non-hydrogen) atoms. The molecule has 180 valence electrons. The highest BCUT2D eigenvalue weighted by atomic mass is 16.5. The fourth-order valence-corrected chi connectivity index (χ4v) is 3.88. The molecule has 0 spiro atoms. The minimum atomic E-state index is -0.597. The van der Waals surface area contributed by atoms with Crippen LogP contribution in [-0.2, 0) is 25.5 Å². The van der Waals surface area contributed by atoms with Crippen molar-refractivity contribution < 1.29 is 24.2 Å². The number of aliphatic hydroxyl groups excluding tert-OH is 1. The summed E-state index contributed by atoms with van der Waals surface area (Å²) in [7, 11) is 0. The largest absolute Gasteiger partial charge is 0.456 e. The van der Waals surface area contributed by atoms with Gasteiger partial charge in [0.2, 0.25) is 11.8 Å². The molecule has 3 atom stereocenters. The number of rotatable bonds is 7. The quantitative estimate of drug-likeness (QED) is 0.432. The monoisotopic (exact) mass is 464 g/mol. The number of ether oxygens (including phenoxy) is 1. The second-order valence-electron chi connectivity index (χ2n) is 8.42. The molecule has 2 aromatic carbocycles. The summed E-state index contributed by atoms with van der Waals surface area (Å²) in [4.78, 5) is 37.9. The molecular weight excluding hydrogens is 432 g/mol. The van der Waals surface area contributed by atoms with E-state index >= 15 is 0 Å². The van der Waals surface area contributed by atoms with E-state index in [9.17, 15) is 19.5 Å². The molecule has 2 aromatic rings. The highest BCUT2D eigenvalue weighted by Crippen LogP contribution is 2.19. The van der Waals surface area contributed by atoms with Crippen LogP contribution in [0.5, 0.6) is 0 Å².